The molecule has 3 aromatic carbocycles. The highest BCUT2D eigenvalue weighted by Crippen LogP contribution is 2.36. The number of anilines is 2. The monoisotopic (exact) mass is 535 g/mol. The Kier molecular flexibility index (Phi) is 7.46. The third kappa shape index (κ3) is 5.42. The maximum atomic E-state index is 12.9. The van der Waals surface area contributed by atoms with Gasteiger partial charge in [-0.05, 0) is 55.3 Å². The summed E-state index contributed by atoms with van der Waals surface area (Å²) in [6, 6.07) is 21.0. The number of ether oxygens (including phenoxy) is 2. The van der Waals surface area contributed by atoms with Crippen LogP contribution in [0.4, 0.5) is 11.4 Å². The van der Waals surface area contributed by atoms with Crippen LogP contribution < -0.4 is 15.0 Å². The fourth-order valence-corrected chi connectivity index (χ4v) is 5.93. The summed E-state index contributed by atoms with van der Waals surface area (Å²) in [4.78, 5) is 27.6. The largest absolute Gasteiger partial charge is 0.479 e. The van der Waals surface area contributed by atoms with Crippen molar-refractivity contribution in [2.24, 2.45) is 0 Å². The van der Waals surface area contributed by atoms with Crippen LogP contribution >= 0.6 is 0 Å². The summed E-state index contributed by atoms with van der Waals surface area (Å²) in [6.07, 6.45) is 0.0549. The highest BCUT2D eigenvalue weighted by atomic mass is 32.2. The summed E-state index contributed by atoms with van der Waals surface area (Å²) in [5.74, 6) is 0.00777. The van der Waals surface area contributed by atoms with Gasteiger partial charge in [0.05, 0.1) is 23.8 Å². The fourth-order valence-electron chi connectivity index (χ4n) is 4.52. The minimum Gasteiger partial charge on any atom is -0.479 e. The summed E-state index contributed by atoms with van der Waals surface area (Å²) in [6.45, 7) is 3.55. The normalized spacial score (nSPS) is 18.0. The molecule has 2 heterocycles. The highest BCUT2D eigenvalue weighted by molar-refractivity contribution is 7.89. The third-order valence-corrected chi connectivity index (χ3v) is 8.53. The molecule has 38 heavy (non-hydrogen) atoms. The van der Waals surface area contributed by atoms with Gasteiger partial charge in [-0.25, -0.2) is 8.42 Å². The van der Waals surface area contributed by atoms with Crippen molar-refractivity contribution in [3.63, 3.8) is 0 Å². The molecule has 0 radical (unpaired) electrons. The van der Waals surface area contributed by atoms with Crippen molar-refractivity contribution in [1.29, 1.82) is 0 Å². The molecule has 0 aromatic heterocycles. The molecule has 2 aliphatic heterocycles. The molecule has 1 unspecified atom stereocenters. The van der Waals surface area contributed by atoms with E-state index in [-0.39, 0.29) is 16.7 Å². The van der Waals surface area contributed by atoms with Crippen LogP contribution in [0, 0.1) is 0 Å². The standard InChI is InChI=1S/C28H29N3O6S/c1-20-28(33)31(14-13-21-5-3-2-4-6-21)25-12-9-23(19-26(25)37-20)29-27(32)22-7-10-24(11-8-22)38(34,35)30-15-17-36-18-16-30/h2-12,19-20H,13-18H2,1H3,(H,29,32). The number of fused-ring (bicyclic) bond motifs is 1. The highest BCUT2D eigenvalue weighted by Gasteiger charge is 2.31. The van der Waals surface area contributed by atoms with E-state index < -0.39 is 16.1 Å². The Balaban J connectivity index is 1.28. The molecule has 0 spiro atoms. The van der Waals surface area contributed by atoms with Crippen molar-refractivity contribution in [3.05, 3.63) is 83.9 Å². The van der Waals surface area contributed by atoms with Crippen molar-refractivity contribution in [3.8, 4) is 5.75 Å². The molecular weight excluding hydrogens is 506 g/mol. The zero-order valence-electron chi connectivity index (χ0n) is 21.0. The topological polar surface area (TPSA) is 105 Å². The van der Waals surface area contributed by atoms with Crippen LogP contribution in [0.2, 0.25) is 0 Å². The Morgan fingerprint density at radius 2 is 1.71 bits per heavy atom. The van der Waals surface area contributed by atoms with Gasteiger partial charge in [-0.2, -0.15) is 4.31 Å². The van der Waals surface area contributed by atoms with Crippen molar-refractivity contribution in [2.45, 2.75) is 24.3 Å². The maximum absolute atomic E-state index is 12.9. The predicted octanol–water partition coefficient (Wildman–Crippen LogP) is 3.32. The minimum atomic E-state index is -3.64. The van der Waals surface area contributed by atoms with Crippen molar-refractivity contribution >= 4 is 33.2 Å². The number of rotatable bonds is 7. The van der Waals surface area contributed by atoms with E-state index in [2.05, 4.69) is 5.32 Å². The molecule has 1 atom stereocenters. The zero-order chi connectivity index (χ0) is 26.7. The Bertz CT molecular complexity index is 1420. The molecule has 2 amide bonds. The van der Waals surface area contributed by atoms with Gasteiger partial charge in [0.15, 0.2) is 6.10 Å². The fraction of sp³-hybridized carbons (Fsp3) is 0.286. The zero-order valence-corrected chi connectivity index (χ0v) is 21.8. The Morgan fingerprint density at radius 3 is 2.42 bits per heavy atom. The quantitative estimate of drug-likeness (QED) is 0.498. The average Bonchev–Trinajstić information content (AvgIpc) is 2.94. The lowest BCUT2D eigenvalue weighted by Crippen LogP contribution is -2.45. The number of hydrogen-bond acceptors (Lipinski definition) is 6. The summed E-state index contributed by atoms with van der Waals surface area (Å²) in [5.41, 5.74) is 2.61. The number of amides is 2. The predicted molar refractivity (Wildman–Crippen MR) is 143 cm³/mol. The van der Waals surface area contributed by atoms with Crippen molar-refractivity contribution in [2.75, 3.05) is 43.1 Å². The minimum absolute atomic E-state index is 0.114. The molecule has 1 saturated heterocycles. The van der Waals surface area contributed by atoms with E-state index in [4.69, 9.17) is 9.47 Å². The van der Waals surface area contributed by atoms with Gasteiger partial charge in [0.25, 0.3) is 11.8 Å². The molecule has 5 rings (SSSR count). The summed E-state index contributed by atoms with van der Waals surface area (Å²) in [5, 5.41) is 2.83. The number of hydrogen-bond donors (Lipinski definition) is 1. The summed E-state index contributed by atoms with van der Waals surface area (Å²) < 4.78 is 38.1. The van der Waals surface area contributed by atoms with Crippen LogP contribution in [-0.4, -0.2) is 63.5 Å². The molecule has 1 fully saturated rings. The number of morpholine rings is 1. The molecule has 0 bridgehead atoms. The Morgan fingerprint density at radius 1 is 1.00 bits per heavy atom. The second-order valence-electron chi connectivity index (χ2n) is 9.16. The van der Waals surface area contributed by atoms with E-state index in [1.54, 1.807) is 30.0 Å². The number of carbonyl (C=O) groups excluding carboxylic acids is 2. The summed E-state index contributed by atoms with van der Waals surface area (Å²) in [7, 11) is -3.64. The average molecular weight is 536 g/mol. The first kappa shape index (κ1) is 25.9. The first-order valence-electron chi connectivity index (χ1n) is 12.5. The first-order valence-corrected chi connectivity index (χ1v) is 13.9. The van der Waals surface area contributed by atoms with Crippen LogP contribution in [-0.2, 0) is 26.0 Å². The molecular formula is C28H29N3O6S. The van der Waals surface area contributed by atoms with Crippen molar-refractivity contribution < 1.29 is 27.5 Å². The lowest BCUT2D eigenvalue weighted by atomic mass is 10.1. The lowest BCUT2D eigenvalue weighted by molar-refractivity contribution is -0.125. The van der Waals surface area contributed by atoms with Crippen LogP contribution in [0.15, 0.2) is 77.7 Å². The van der Waals surface area contributed by atoms with Gasteiger partial charge in [-0.3, -0.25) is 9.59 Å². The van der Waals surface area contributed by atoms with Crippen LogP contribution in [0.3, 0.4) is 0 Å². The second-order valence-corrected chi connectivity index (χ2v) is 11.1. The van der Waals surface area contributed by atoms with Crippen LogP contribution in [0.25, 0.3) is 0 Å². The van der Waals surface area contributed by atoms with E-state index in [9.17, 15) is 18.0 Å². The van der Waals surface area contributed by atoms with E-state index in [1.807, 2.05) is 30.3 Å². The molecule has 2 aliphatic rings. The van der Waals surface area contributed by atoms with Crippen molar-refractivity contribution in [1.82, 2.24) is 4.31 Å². The number of nitrogens with zero attached hydrogens (tertiary/aromatic N) is 2. The Labute approximate surface area is 222 Å². The maximum Gasteiger partial charge on any atom is 0.267 e. The SMILES string of the molecule is CC1Oc2cc(NC(=O)c3ccc(S(=O)(=O)N4CCOCC4)cc3)ccc2N(CCc2ccccc2)C1=O. The summed E-state index contributed by atoms with van der Waals surface area (Å²) >= 11 is 0. The van der Waals surface area contributed by atoms with Crippen LogP contribution in [0.1, 0.15) is 22.8 Å². The smallest absolute Gasteiger partial charge is 0.267 e. The van der Waals surface area contributed by atoms with E-state index in [0.717, 1.165) is 5.56 Å². The number of sulfonamides is 1. The molecule has 1 N–H and O–H groups in total. The molecule has 10 heteroatoms. The number of nitrogens with one attached hydrogen (secondary N) is 1. The molecule has 0 saturated carbocycles. The van der Waals surface area contributed by atoms with Gasteiger partial charge in [-0.15, -0.1) is 0 Å². The number of carbonyl (C=O) groups is 2. The van der Waals surface area contributed by atoms with Gasteiger partial charge in [0, 0.05) is 37.0 Å². The Hall–Kier alpha value is -3.73. The van der Waals surface area contributed by atoms with Gasteiger partial charge >= 0.3 is 0 Å². The number of benzene rings is 3. The molecule has 198 valence electrons. The molecule has 0 aliphatic carbocycles. The van der Waals surface area contributed by atoms with Crippen LogP contribution in [0.5, 0.6) is 5.75 Å². The van der Waals surface area contributed by atoms with Gasteiger partial charge in [0.1, 0.15) is 5.75 Å². The third-order valence-electron chi connectivity index (χ3n) is 6.62. The lowest BCUT2D eigenvalue weighted by Gasteiger charge is -2.33. The van der Waals surface area contributed by atoms with E-state index in [0.29, 0.717) is 62.0 Å². The second kappa shape index (κ2) is 10.9. The van der Waals surface area contributed by atoms with Gasteiger partial charge in [0.2, 0.25) is 10.0 Å². The van der Waals surface area contributed by atoms with E-state index >= 15 is 0 Å². The van der Waals surface area contributed by atoms with E-state index in [1.165, 1.54) is 28.6 Å². The van der Waals surface area contributed by atoms with Gasteiger partial charge < -0.3 is 19.7 Å². The molecule has 3 aromatic rings. The molecule has 9 nitrogen and oxygen atoms in total. The first-order chi connectivity index (χ1) is 18.3. The van der Waals surface area contributed by atoms with Gasteiger partial charge in [-0.1, -0.05) is 30.3 Å².